The molecule has 4 aromatic rings. The number of rotatable bonds is 9. The molecule has 1 unspecified atom stereocenters. The molecule has 2 aliphatic rings. The third-order valence-electron chi connectivity index (χ3n) is 7.57. The van der Waals surface area contributed by atoms with Crippen molar-refractivity contribution >= 4 is 53.3 Å². The maximum absolute atomic E-state index is 10.0. The van der Waals surface area contributed by atoms with E-state index in [0.717, 1.165) is 24.8 Å². The molecule has 4 N–H and O–H groups in total. The number of nitriles is 1. The molecule has 2 heterocycles. The Labute approximate surface area is 250 Å². The number of anilines is 2. The second-order valence-electron chi connectivity index (χ2n) is 10.4. The molecule has 0 amide bonds. The van der Waals surface area contributed by atoms with Gasteiger partial charge < -0.3 is 16.1 Å². The molecule has 1 saturated carbocycles. The Morgan fingerprint density at radius 2 is 1.88 bits per heavy atom. The van der Waals surface area contributed by atoms with Gasteiger partial charge in [-0.15, -0.1) is 5.53 Å². The Balaban J connectivity index is 1.45. The van der Waals surface area contributed by atoms with Crippen LogP contribution in [0.2, 0.25) is 10.0 Å². The molecule has 1 aliphatic carbocycles. The van der Waals surface area contributed by atoms with Crippen molar-refractivity contribution in [3.8, 4) is 6.07 Å². The number of benzene rings is 3. The van der Waals surface area contributed by atoms with Crippen LogP contribution in [0, 0.1) is 11.3 Å². The number of nitrogens with zero attached hydrogens (tertiary/aromatic N) is 3. The zero-order valence-corrected chi connectivity index (χ0v) is 24.0. The maximum Gasteiger partial charge on any atom is 0.119 e. The Hall–Kier alpha value is -3.90. The molecule has 10 heteroatoms. The standard InChI is InChI=1S/C31H28BCl2N7/c1-2-27(19-8-4-3-5-9-19)37-29-20(16-35)17-36-30-23(29)14-21(15-26(30)34)38-31(32,24-10-6-7-11-25(24)33)28-18-41(40-39-28)22-12-13-22/h3-11,14-15,17-18,22,27,38-40H,2,12-13H2,1H3,(H,36,37)/t27-,31?/m1/s1. The molecule has 41 heavy (non-hydrogen) atoms. The molecular formula is C31H28BCl2N7. The van der Waals surface area contributed by atoms with E-state index < -0.39 is 5.44 Å². The molecule has 1 fully saturated rings. The van der Waals surface area contributed by atoms with Crippen LogP contribution in [0.25, 0.3) is 10.9 Å². The average molecular weight is 580 g/mol. The van der Waals surface area contributed by atoms with Crippen LogP contribution < -0.4 is 21.6 Å². The number of hydrogen-bond donors (Lipinski definition) is 4. The lowest BCUT2D eigenvalue weighted by molar-refractivity contribution is 0.260. The number of pyridine rings is 1. The summed E-state index contributed by atoms with van der Waals surface area (Å²) >= 11 is 13.5. The van der Waals surface area contributed by atoms with Gasteiger partial charge in [0.2, 0.25) is 0 Å². The van der Waals surface area contributed by atoms with E-state index in [1.807, 2.05) is 59.7 Å². The summed E-state index contributed by atoms with van der Waals surface area (Å²) < 4.78 is 0. The van der Waals surface area contributed by atoms with E-state index in [4.69, 9.17) is 31.0 Å². The first kappa shape index (κ1) is 27.3. The smallest absolute Gasteiger partial charge is 0.119 e. The molecule has 2 radical (unpaired) electrons. The quantitative estimate of drug-likeness (QED) is 0.163. The van der Waals surface area contributed by atoms with Crippen molar-refractivity contribution < 1.29 is 0 Å². The number of nitrogens with one attached hydrogen (secondary N) is 4. The SMILES string of the molecule is [B]C(Nc1cc(Cl)c2ncc(C#N)c(N[C@H](CC)c3ccccc3)c2c1)(C1=CN(C2CC2)NN1)c1ccccc1Cl. The van der Waals surface area contributed by atoms with Gasteiger partial charge in [-0.3, -0.25) is 9.99 Å². The van der Waals surface area contributed by atoms with Crippen molar-refractivity contribution in [1.29, 1.82) is 5.26 Å². The van der Waals surface area contributed by atoms with Crippen LogP contribution in [-0.2, 0) is 5.44 Å². The van der Waals surface area contributed by atoms with Gasteiger partial charge in [0.1, 0.15) is 13.9 Å². The minimum atomic E-state index is -1.24. The fourth-order valence-corrected chi connectivity index (χ4v) is 5.77. The maximum atomic E-state index is 10.0. The third-order valence-corrected chi connectivity index (χ3v) is 8.18. The summed E-state index contributed by atoms with van der Waals surface area (Å²) in [6, 6.07) is 24.0. The predicted octanol–water partition coefficient (Wildman–Crippen LogP) is 6.74. The van der Waals surface area contributed by atoms with Crippen LogP contribution in [0.4, 0.5) is 11.4 Å². The molecule has 3 aromatic carbocycles. The molecule has 0 saturated heterocycles. The number of fused-ring (bicyclic) bond motifs is 1. The van der Waals surface area contributed by atoms with Crippen LogP contribution in [0.1, 0.15) is 48.9 Å². The van der Waals surface area contributed by atoms with E-state index >= 15 is 0 Å². The van der Waals surface area contributed by atoms with Gasteiger partial charge in [-0.1, -0.05) is 78.7 Å². The van der Waals surface area contributed by atoms with Crippen molar-refractivity contribution in [2.75, 3.05) is 10.6 Å². The van der Waals surface area contributed by atoms with Crippen molar-refractivity contribution in [2.24, 2.45) is 0 Å². The lowest BCUT2D eigenvalue weighted by Gasteiger charge is -2.35. The minimum Gasteiger partial charge on any atom is -0.378 e. The zero-order valence-electron chi connectivity index (χ0n) is 22.5. The van der Waals surface area contributed by atoms with Gasteiger partial charge in [-0.05, 0) is 48.6 Å². The largest absolute Gasteiger partial charge is 0.378 e. The molecule has 1 aromatic heterocycles. The zero-order chi connectivity index (χ0) is 28.6. The Morgan fingerprint density at radius 3 is 2.59 bits per heavy atom. The van der Waals surface area contributed by atoms with Crippen molar-refractivity contribution in [2.45, 2.75) is 43.7 Å². The van der Waals surface area contributed by atoms with Crippen LogP contribution >= 0.6 is 23.2 Å². The van der Waals surface area contributed by atoms with Gasteiger partial charge in [0.25, 0.3) is 0 Å². The predicted molar refractivity (Wildman–Crippen MR) is 166 cm³/mol. The number of hydrogen-bond acceptors (Lipinski definition) is 7. The van der Waals surface area contributed by atoms with E-state index in [1.165, 1.54) is 0 Å². The summed E-state index contributed by atoms with van der Waals surface area (Å²) in [7, 11) is 7.19. The highest BCUT2D eigenvalue weighted by atomic mass is 35.5. The van der Waals surface area contributed by atoms with E-state index in [0.29, 0.717) is 55.2 Å². The molecule has 2 atom stereocenters. The Morgan fingerprint density at radius 1 is 1.12 bits per heavy atom. The minimum absolute atomic E-state index is 0.0201. The molecule has 1 aliphatic heterocycles. The molecule has 7 nitrogen and oxygen atoms in total. The summed E-state index contributed by atoms with van der Waals surface area (Å²) in [5.74, 6) is 0. The second kappa shape index (κ2) is 11.2. The van der Waals surface area contributed by atoms with Gasteiger partial charge in [-0.2, -0.15) is 5.26 Å². The van der Waals surface area contributed by atoms with E-state index in [1.54, 1.807) is 12.3 Å². The first-order valence-electron chi connectivity index (χ1n) is 13.6. The first-order chi connectivity index (χ1) is 19.9. The van der Waals surface area contributed by atoms with Gasteiger partial charge in [-0.25, -0.2) is 0 Å². The lowest BCUT2D eigenvalue weighted by Crippen LogP contribution is -2.45. The molecule has 0 spiro atoms. The van der Waals surface area contributed by atoms with Crippen molar-refractivity contribution in [3.05, 3.63) is 112 Å². The highest BCUT2D eigenvalue weighted by molar-refractivity contribution is 6.36. The summed E-state index contributed by atoms with van der Waals surface area (Å²) in [6.45, 7) is 2.10. The highest BCUT2D eigenvalue weighted by Gasteiger charge is 2.38. The van der Waals surface area contributed by atoms with Crippen molar-refractivity contribution in [1.82, 2.24) is 21.0 Å². The monoisotopic (exact) mass is 579 g/mol. The summed E-state index contributed by atoms with van der Waals surface area (Å²) in [6.07, 6.45) is 6.57. The fraction of sp³-hybridized carbons (Fsp3) is 0.226. The fourth-order valence-electron chi connectivity index (χ4n) is 5.22. The van der Waals surface area contributed by atoms with Crippen LogP contribution in [0.5, 0.6) is 0 Å². The Bertz CT molecular complexity index is 1670. The first-order valence-corrected chi connectivity index (χ1v) is 14.3. The number of halogens is 2. The highest BCUT2D eigenvalue weighted by Crippen LogP contribution is 2.40. The average Bonchev–Trinajstić information content (AvgIpc) is 3.71. The molecular weight excluding hydrogens is 552 g/mol. The number of hydrazine groups is 2. The second-order valence-corrected chi connectivity index (χ2v) is 11.2. The van der Waals surface area contributed by atoms with E-state index in [2.05, 4.69) is 51.7 Å². The molecule has 0 bridgehead atoms. The lowest BCUT2D eigenvalue weighted by atomic mass is 9.69. The van der Waals surface area contributed by atoms with E-state index in [-0.39, 0.29) is 6.04 Å². The van der Waals surface area contributed by atoms with Gasteiger partial charge >= 0.3 is 0 Å². The summed E-state index contributed by atoms with van der Waals surface area (Å²) in [5.41, 5.74) is 10.0. The normalized spacial score (nSPS) is 16.8. The van der Waals surface area contributed by atoms with Crippen molar-refractivity contribution in [3.63, 3.8) is 0 Å². The van der Waals surface area contributed by atoms with Crippen LogP contribution in [0.15, 0.2) is 84.8 Å². The Kier molecular flexibility index (Phi) is 7.44. The third kappa shape index (κ3) is 5.29. The summed E-state index contributed by atoms with van der Waals surface area (Å²) in [5, 5.41) is 20.8. The molecule has 6 rings (SSSR count). The van der Waals surface area contributed by atoms with E-state index in [9.17, 15) is 5.26 Å². The number of aromatic nitrogens is 1. The van der Waals surface area contributed by atoms with Crippen LogP contribution in [0.3, 0.4) is 0 Å². The van der Waals surface area contributed by atoms with Gasteiger partial charge in [0.15, 0.2) is 0 Å². The topological polar surface area (TPSA) is 88.0 Å². The van der Waals surface area contributed by atoms with Gasteiger partial charge in [0, 0.05) is 34.5 Å². The summed E-state index contributed by atoms with van der Waals surface area (Å²) in [4.78, 5) is 4.53. The molecule has 204 valence electrons. The van der Waals surface area contributed by atoms with Crippen LogP contribution in [-0.4, -0.2) is 23.9 Å². The van der Waals surface area contributed by atoms with Gasteiger partial charge in [0.05, 0.1) is 39.0 Å².